The Bertz CT molecular complexity index is 555. The molecule has 0 bridgehead atoms. The van der Waals surface area contributed by atoms with Crippen molar-refractivity contribution < 1.29 is 0 Å². The van der Waals surface area contributed by atoms with Crippen LogP contribution in [0.4, 0.5) is 0 Å². The van der Waals surface area contributed by atoms with E-state index in [9.17, 15) is 0 Å². The molecule has 0 aliphatic rings. The zero-order valence-electron chi connectivity index (χ0n) is 12.1. The monoisotopic (exact) mass is 253 g/mol. The first-order chi connectivity index (χ1) is 9.03. The zero-order chi connectivity index (χ0) is 13.9. The van der Waals surface area contributed by atoms with E-state index in [-0.39, 0.29) is 5.41 Å². The lowest BCUT2D eigenvalue weighted by Crippen LogP contribution is -2.28. The molecule has 100 valence electrons. The van der Waals surface area contributed by atoms with Gasteiger partial charge in [0.1, 0.15) is 0 Å². The van der Waals surface area contributed by atoms with Crippen LogP contribution in [0.15, 0.2) is 48.5 Å². The van der Waals surface area contributed by atoms with E-state index in [4.69, 9.17) is 5.73 Å². The van der Waals surface area contributed by atoms with Gasteiger partial charge in [-0.1, -0.05) is 62.4 Å². The Morgan fingerprint density at radius 1 is 1.00 bits per heavy atom. The molecule has 1 heteroatoms. The van der Waals surface area contributed by atoms with Crippen molar-refractivity contribution in [2.45, 2.75) is 32.6 Å². The van der Waals surface area contributed by atoms with Gasteiger partial charge in [0.15, 0.2) is 0 Å². The van der Waals surface area contributed by atoms with Crippen molar-refractivity contribution in [1.82, 2.24) is 0 Å². The highest BCUT2D eigenvalue weighted by atomic mass is 14.6. The summed E-state index contributed by atoms with van der Waals surface area (Å²) in [6.45, 7) is 7.23. The maximum atomic E-state index is 5.87. The molecule has 0 amide bonds. The fourth-order valence-corrected chi connectivity index (χ4v) is 2.25. The van der Waals surface area contributed by atoms with Crippen LogP contribution in [0.1, 0.15) is 36.1 Å². The fourth-order valence-electron chi connectivity index (χ4n) is 2.25. The Balaban J connectivity index is 2.28. The van der Waals surface area contributed by atoms with Gasteiger partial charge in [-0.15, -0.1) is 0 Å². The van der Waals surface area contributed by atoms with Crippen LogP contribution < -0.4 is 5.73 Å². The van der Waals surface area contributed by atoms with Crippen molar-refractivity contribution >= 4 is 0 Å². The van der Waals surface area contributed by atoms with E-state index in [0.29, 0.717) is 6.54 Å². The van der Waals surface area contributed by atoms with Crippen molar-refractivity contribution in [1.29, 1.82) is 0 Å². The van der Waals surface area contributed by atoms with Crippen LogP contribution in [-0.4, -0.2) is 6.54 Å². The molecule has 1 nitrogen and oxygen atoms in total. The summed E-state index contributed by atoms with van der Waals surface area (Å²) in [7, 11) is 0. The molecule has 2 rings (SSSR count). The summed E-state index contributed by atoms with van der Waals surface area (Å²) in [5.74, 6) is 0. The number of nitrogens with two attached hydrogens (primary N) is 1. The average Bonchev–Trinajstić information content (AvgIpc) is 2.42. The van der Waals surface area contributed by atoms with Gasteiger partial charge in [0.2, 0.25) is 0 Å². The predicted molar refractivity (Wildman–Crippen MR) is 82.5 cm³/mol. The molecule has 0 aliphatic heterocycles. The summed E-state index contributed by atoms with van der Waals surface area (Å²) in [4.78, 5) is 0. The second-order valence-corrected chi connectivity index (χ2v) is 5.89. The van der Waals surface area contributed by atoms with Gasteiger partial charge >= 0.3 is 0 Å². The Morgan fingerprint density at radius 3 is 2.42 bits per heavy atom. The van der Waals surface area contributed by atoms with Gasteiger partial charge in [-0.05, 0) is 35.6 Å². The van der Waals surface area contributed by atoms with Crippen molar-refractivity contribution in [2.75, 3.05) is 6.54 Å². The van der Waals surface area contributed by atoms with E-state index < -0.39 is 0 Å². The molecule has 0 aromatic heterocycles. The second kappa shape index (κ2) is 5.58. The van der Waals surface area contributed by atoms with Crippen LogP contribution in [0.2, 0.25) is 0 Å². The van der Waals surface area contributed by atoms with Gasteiger partial charge < -0.3 is 5.73 Å². The Hall–Kier alpha value is -1.60. The quantitative estimate of drug-likeness (QED) is 0.880. The molecule has 0 saturated heterocycles. The molecule has 0 atom stereocenters. The fraction of sp³-hybridized carbons (Fsp3) is 0.333. The van der Waals surface area contributed by atoms with Crippen molar-refractivity contribution in [2.24, 2.45) is 5.73 Å². The van der Waals surface area contributed by atoms with E-state index >= 15 is 0 Å². The van der Waals surface area contributed by atoms with Gasteiger partial charge in [0.25, 0.3) is 0 Å². The normalized spacial score (nSPS) is 11.6. The highest BCUT2D eigenvalue weighted by molar-refractivity contribution is 5.35. The average molecular weight is 253 g/mol. The van der Waals surface area contributed by atoms with Crippen LogP contribution in [0.5, 0.6) is 0 Å². The first-order valence-corrected chi connectivity index (χ1v) is 6.87. The molecular weight excluding hydrogens is 230 g/mol. The van der Waals surface area contributed by atoms with E-state index in [1.807, 2.05) is 0 Å². The van der Waals surface area contributed by atoms with Crippen LogP contribution in [0.25, 0.3) is 0 Å². The van der Waals surface area contributed by atoms with Crippen LogP contribution in [0.3, 0.4) is 0 Å². The van der Waals surface area contributed by atoms with Crippen molar-refractivity contribution in [3.63, 3.8) is 0 Å². The third-order valence-corrected chi connectivity index (χ3v) is 3.87. The summed E-state index contributed by atoms with van der Waals surface area (Å²) >= 11 is 0. The van der Waals surface area contributed by atoms with Crippen molar-refractivity contribution in [3.05, 3.63) is 70.8 Å². The van der Waals surface area contributed by atoms with Gasteiger partial charge in [0, 0.05) is 12.0 Å². The number of benzene rings is 2. The summed E-state index contributed by atoms with van der Waals surface area (Å²) in [5, 5.41) is 0. The maximum absolute atomic E-state index is 5.87. The minimum Gasteiger partial charge on any atom is -0.330 e. The number of hydrogen-bond acceptors (Lipinski definition) is 1. The summed E-state index contributed by atoms with van der Waals surface area (Å²) in [5.41, 5.74) is 11.3. The SMILES string of the molecule is Cc1ccccc1Cc1cccc(C(C)(C)CN)c1. The third-order valence-electron chi connectivity index (χ3n) is 3.87. The Kier molecular flexibility index (Phi) is 4.06. The molecule has 0 unspecified atom stereocenters. The first kappa shape index (κ1) is 13.8. The first-order valence-electron chi connectivity index (χ1n) is 6.87. The number of rotatable bonds is 4. The van der Waals surface area contributed by atoms with E-state index in [2.05, 4.69) is 69.3 Å². The minimum atomic E-state index is 0.0434. The standard InChI is InChI=1S/C18H23N/c1-14-7-4-5-9-16(14)11-15-8-6-10-17(12-15)18(2,3)13-19/h4-10,12H,11,13,19H2,1-3H3. The third kappa shape index (κ3) is 3.24. The van der Waals surface area contributed by atoms with E-state index in [1.165, 1.54) is 22.3 Å². The molecule has 0 saturated carbocycles. The molecule has 19 heavy (non-hydrogen) atoms. The lowest BCUT2D eigenvalue weighted by molar-refractivity contribution is 0.538. The lowest BCUT2D eigenvalue weighted by atomic mass is 9.83. The van der Waals surface area contributed by atoms with Gasteiger partial charge in [-0.25, -0.2) is 0 Å². The summed E-state index contributed by atoms with van der Waals surface area (Å²) < 4.78 is 0. The lowest BCUT2D eigenvalue weighted by Gasteiger charge is -2.23. The Labute approximate surface area is 116 Å². The topological polar surface area (TPSA) is 26.0 Å². The molecule has 2 aromatic rings. The second-order valence-electron chi connectivity index (χ2n) is 5.89. The van der Waals surface area contributed by atoms with Gasteiger partial charge in [-0.3, -0.25) is 0 Å². The molecule has 0 radical (unpaired) electrons. The maximum Gasteiger partial charge on any atom is 0.00191 e. The van der Waals surface area contributed by atoms with Crippen LogP contribution in [-0.2, 0) is 11.8 Å². The Morgan fingerprint density at radius 2 is 1.74 bits per heavy atom. The molecule has 0 spiro atoms. The predicted octanol–water partition coefficient (Wildman–Crippen LogP) is 3.82. The summed E-state index contributed by atoms with van der Waals surface area (Å²) in [6.07, 6.45) is 0.987. The van der Waals surface area contributed by atoms with Crippen molar-refractivity contribution in [3.8, 4) is 0 Å². The highest BCUT2D eigenvalue weighted by Gasteiger charge is 2.18. The minimum absolute atomic E-state index is 0.0434. The molecule has 0 aliphatic carbocycles. The molecule has 2 N–H and O–H groups in total. The van der Waals surface area contributed by atoms with E-state index in [0.717, 1.165) is 6.42 Å². The summed E-state index contributed by atoms with van der Waals surface area (Å²) in [6, 6.07) is 17.4. The highest BCUT2D eigenvalue weighted by Crippen LogP contribution is 2.24. The molecule has 0 fully saturated rings. The number of hydrogen-bond donors (Lipinski definition) is 1. The van der Waals surface area contributed by atoms with Crippen LogP contribution >= 0.6 is 0 Å². The molecule has 0 heterocycles. The smallest absolute Gasteiger partial charge is 0.00191 e. The molecular formula is C18H23N. The molecule has 2 aromatic carbocycles. The zero-order valence-corrected chi connectivity index (χ0v) is 12.1. The van der Waals surface area contributed by atoms with Gasteiger partial charge in [0.05, 0.1) is 0 Å². The number of aryl methyl sites for hydroxylation is 1. The van der Waals surface area contributed by atoms with E-state index in [1.54, 1.807) is 0 Å². The van der Waals surface area contributed by atoms with Gasteiger partial charge in [-0.2, -0.15) is 0 Å². The van der Waals surface area contributed by atoms with Crippen LogP contribution in [0, 0.1) is 6.92 Å². The largest absolute Gasteiger partial charge is 0.330 e.